The summed E-state index contributed by atoms with van der Waals surface area (Å²) in [6.45, 7) is 0. The van der Waals surface area contributed by atoms with Crippen LogP contribution in [0.1, 0.15) is 0 Å². The van der Waals surface area contributed by atoms with Gasteiger partial charge in [0, 0.05) is 64.6 Å². The first-order chi connectivity index (χ1) is 28.2. The van der Waals surface area contributed by atoms with E-state index in [1.807, 2.05) is 84.1 Å². The monoisotopic (exact) mass is 748 g/mol. The van der Waals surface area contributed by atoms with Crippen LogP contribution < -0.4 is 5.32 Å². The van der Waals surface area contributed by atoms with Gasteiger partial charge in [-0.2, -0.15) is 0 Å². The Morgan fingerprint density at radius 3 is 1.63 bits per heavy atom. The Morgan fingerprint density at radius 2 is 0.947 bits per heavy atom. The summed E-state index contributed by atoms with van der Waals surface area (Å²) in [5.74, 6) is 1.88. The van der Waals surface area contributed by atoms with Crippen LogP contribution in [0.15, 0.2) is 192 Å². The molecule has 5 nitrogen and oxygen atoms in total. The summed E-state index contributed by atoms with van der Waals surface area (Å²) in [4.78, 5) is 14.8. The second kappa shape index (κ2) is 13.7. The Bertz CT molecular complexity index is 3210. The molecule has 0 radical (unpaired) electrons. The molecule has 0 amide bonds. The molecular weight excluding hydrogens is 717 g/mol. The summed E-state index contributed by atoms with van der Waals surface area (Å²) >= 11 is 1.83. The fraction of sp³-hybridized carbons (Fsp3) is 0. The van der Waals surface area contributed by atoms with Gasteiger partial charge in [0.05, 0.1) is 0 Å². The van der Waals surface area contributed by atoms with E-state index < -0.39 is 0 Å². The Hall–Kier alpha value is -7.41. The minimum Gasteiger partial charge on any atom is -0.456 e. The molecule has 268 valence electrons. The molecule has 0 fully saturated rings. The molecule has 8 aromatic carbocycles. The van der Waals surface area contributed by atoms with Crippen molar-refractivity contribution >= 4 is 64.8 Å². The van der Waals surface area contributed by atoms with E-state index in [2.05, 4.69) is 121 Å². The third-order valence-electron chi connectivity index (χ3n) is 10.5. The number of thiophene rings is 1. The van der Waals surface area contributed by atoms with Gasteiger partial charge in [-0.3, -0.25) is 0 Å². The molecule has 6 heteroatoms. The molecule has 0 unspecified atom stereocenters. The molecule has 0 spiro atoms. The van der Waals surface area contributed by atoms with E-state index in [1.54, 1.807) is 0 Å². The minimum atomic E-state index is 0.613. The van der Waals surface area contributed by atoms with Crippen LogP contribution in [0.25, 0.3) is 98.5 Å². The summed E-state index contributed by atoms with van der Waals surface area (Å²) < 4.78 is 8.91. The van der Waals surface area contributed by atoms with E-state index in [0.29, 0.717) is 17.5 Å². The topological polar surface area (TPSA) is 63.8 Å². The number of hydrogen-bond acceptors (Lipinski definition) is 6. The van der Waals surface area contributed by atoms with Crippen molar-refractivity contribution in [2.45, 2.75) is 0 Å². The number of nitrogens with one attached hydrogen (secondary N) is 1. The van der Waals surface area contributed by atoms with Crippen molar-refractivity contribution in [2.75, 3.05) is 5.32 Å². The second-order valence-electron chi connectivity index (χ2n) is 14.1. The highest BCUT2D eigenvalue weighted by Gasteiger charge is 2.17. The Labute approximate surface area is 332 Å². The molecule has 57 heavy (non-hydrogen) atoms. The van der Waals surface area contributed by atoms with Gasteiger partial charge in [-0.1, -0.05) is 133 Å². The van der Waals surface area contributed by atoms with E-state index in [-0.39, 0.29) is 0 Å². The van der Waals surface area contributed by atoms with Crippen molar-refractivity contribution in [1.82, 2.24) is 15.0 Å². The van der Waals surface area contributed by atoms with Gasteiger partial charge in [-0.15, -0.1) is 11.3 Å². The first kappa shape index (κ1) is 33.0. The average molecular weight is 749 g/mol. The molecule has 0 saturated carbocycles. The lowest BCUT2D eigenvalue weighted by molar-refractivity contribution is 0.669. The maximum Gasteiger partial charge on any atom is 0.164 e. The number of benzene rings is 8. The SMILES string of the molecule is c1ccc(-c2nc(-c3ccccc3)nc(-c3ccc4oc5ccc(-c6cccc7c6sc6ccc(Nc8ccccc8-c8ccccc8)cc67)cc5c4c3)n2)cc1. The first-order valence-corrected chi connectivity index (χ1v) is 19.7. The van der Waals surface area contributed by atoms with Gasteiger partial charge < -0.3 is 9.73 Å². The highest BCUT2D eigenvalue weighted by atomic mass is 32.1. The van der Waals surface area contributed by atoms with Crippen LogP contribution in [-0.2, 0) is 0 Å². The third-order valence-corrected chi connectivity index (χ3v) is 11.7. The summed E-state index contributed by atoms with van der Waals surface area (Å²) in [5, 5.41) is 8.26. The van der Waals surface area contributed by atoms with Crippen molar-refractivity contribution < 1.29 is 4.42 Å². The van der Waals surface area contributed by atoms with Crippen molar-refractivity contribution in [3.8, 4) is 56.4 Å². The van der Waals surface area contributed by atoms with E-state index in [9.17, 15) is 0 Å². The van der Waals surface area contributed by atoms with Crippen molar-refractivity contribution in [2.24, 2.45) is 0 Å². The van der Waals surface area contributed by atoms with Gasteiger partial charge >= 0.3 is 0 Å². The largest absolute Gasteiger partial charge is 0.456 e. The van der Waals surface area contributed by atoms with E-state index in [0.717, 1.165) is 55.6 Å². The minimum absolute atomic E-state index is 0.613. The van der Waals surface area contributed by atoms with Gasteiger partial charge in [-0.25, -0.2) is 15.0 Å². The van der Waals surface area contributed by atoms with Crippen LogP contribution in [0.3, 0.4) is 0 Å². The maximum absolute atomic E-state index is 6.40. The molecule has 0 aliphatic carbocycles. The fourth-order valence-corrected chi connectivity index (χ4v) is 8.96. The average Bonchev–Trinajstić information content (AvgIpc) is 3.85. The normalized spacial score (nSPS) is 11.5. The smallest absolute Gasteiger partial charge is 0.164 e. The summed E-state index contributed by atoms with van der Waals surface area (Å²) in [5.41, 5.74) is 11.3. The van der Waals surface area contributed by atoms with E-state index in [4.69, 9.17) is 19.4 Å². The van der Waals surface area contributed by atoms with Crippen molar-refractivity contribution in [1.29, 1.82) is 0 Å². The molecule has 0 bridgehead atoms. The lowest BCUT2D eigenvalue weighted by atomic mass is 10.00. The second-order valence-corrected chi connectivity index (χ2v) is 15.1. The molecule has 0 aliphatic rings. The number of aromatic nitrogens is 3. The molecule has 11 rings (SSSR count). The van der Waals surface area contributed by atoms with Gasteiger partial charge in [0.2, 0.25) is 0 Å². The lowest BCUT2D eigenvalue weighted by Gasteiger charge is -2.12. The molecular formula is C51H32N4OS. The van der Waals surface area contributed by atoms with E-state index >= 15 is 0 Å². The van der Waals surface area contributed by atoms with Crippen LogP contribution in [0, 0.1) is 0 Å². The zero-order chi connectivity index (χ0) is 37.7. The molecule has 0 atom stereocenters. The molecule has 3 aromatic heterocycles. The number of anilines is 2. The number of para-hydroxylation sites is 1. The Balaban J connectivity index is 0.988. The predicted octanol–water partition coefficient (Wildman–Crippen LogP) is 14.2. The van der Waals surface area contributed by atoms with Crippen LogP contribution in [0.2, 0.25) is 0 Å². The summed E-state index contributed by atoms with van der Waals surface area (Å²) in [6, 6.07) is 65.2. The Morgan fingerprint density at radius 1 is 0.386 bits per heavy atom. The first-order valence-electron chi connectivity index (χ1n) is 18.9. The molecule has 1 N–H and O–H groups in total. The van der Waals surface area contributed by atoms with E-state index in [1.165, 1.54) is 36.9 Å². The Kier molecular flexibility index (Phi) is 7.93. The quantitative estimate of drug-likeness (QED) is 0.176. The zero-order valence-electron chi connectivity index (χ0n) is 30.6. The van der Waals surface area contributed by atoms with Gasteiger partial charge in [0.1, 0.15) is 11.2 Å². The standard InChI is InChI=1S/C51H32N4OS/c1-4-13-32(14-5-1)38-19-10-11-22-44(38)52-37-25-28-47-43(31-37)40-21-12-20-39(48(40)57-47)35-23-26-45-41(29-35)42-30-36(24-27-46(42)56-45)51-54-49(33-15-6-2-7-16-33)53-50(55-51)34-17-8-3-9-18-34/h1-31,52H. The zero-order valence-corrected chi connectivity index (χ0v) is 31.4. The molecule has 3 heterocycles. The molecule has 11 aromatic rings. The van der Waals surface area contributed by atoms with Crippen LogP contribution in [0.4, 0.5) is 11.4 Å². The fourth-order valence-electron chi connectivity index (χ4n) is 7.74. The van der Waals surface area contributed by atoms with Crippen molar-refractivity contribution in [3.05, 3.63) is 188 Å². The van der Waals surface area contributed by atoms with Gasteiger partial charge in [0.25, 0.3) is 0 Å². The van der Waals surface area contributed by atoms with Gasteiger partial charge in [0.15, 0.2) is 17.5 Å². The number of nitrogens with zero attached hydrogens (tertiary/aromatic N) is 3. The van der Waals surface area contributed by atoms with Gasteiger partial charge in [-0.05, 0) is 71.3 Å². The molecule has 0 saturated heterocycles. The third kappa shape index (κ3) is 6.00. The van der Waals surface area contributed by atoms with Crippen LogP contribution >= 0.6 is 11.3 Å². The molecule has 0 aliphatic heterocycles. The number of hydrogen-bond donors (Lipinski definition) is 1. The predicted molar refractivity (Wildman–Crippen MR) is 237 cm³/mol. The van der Waals surface area contributed by atoms with Crippen molar-refractivity contribution in [3.63, 3.8) is 0 Å². The van der Waals surface area contributed by atoms with Crippen LogP contribution in [0.5, 0.6) is 0 Å². The highest BCUT2D eigenvalue weighted by Crippen LogP contribution is 2.43. The number of rotatable bonds is 7. The number of furan rings is 1. The highest BCUT2D eigenvalue weighted by molar-refractivity contribution is 7.26. The lowest BCUT2D eigenvalue weighted by Crippen LogP contribution is -2.00. The van der Waals surface area contributed by atoms with Crippen LogP contribution in [-0.4, -0.2) is 15.0 Å². The number of fused-ring (bicyclic) bond motifs is 6. The summed E-state index contributed by atoms with van der Waals surface area (Å²) in [7, 11) is 0. The maximum atomic E-state index is 6.40. The summed E-state index contributed by atoms with van der Waals surface area (Å²) in [6.07, 6.45) is 0.